The molecule has 0 aliphatic carbocycles. The topological polar surface area (TPSA) is 87.3 Å². The molecule has 0 atom stereocenters. The van der Waals surface area contributed by atoms with Crippen LogP contribution in [-0.4, -0.2) is 17.7 Å². The molecule has 0 aliphatic heterocycles. The molecule has 58 heavy (non-hydrogen) atoms. The lowest BCUT2D eigenvalue weighted by atomic mass is 9.85. The van der Waals surface area contributed by atoms with Gasteiger partial charge in [0.15, 0.2) is 0 Å². The van der Waals surface area contributed by atoms with Crippen molar-refractivity contribution in [3.63, 3.8) is 0 Å². The molecule has 6 nitrogen and oxygen atoms in total. The summed E-state index contributed by atoms with van der Waals surface area (Å²) in [5, 5.41) is 9.30. The number of carbonyl (C=O) groups is 3. The van der Waals surface area contributed by atoms with Crippen LogP contribution in [-0.2, 0) is 14.4 Å². The second kappa shape index (κ2) is 31.1. The van der Waals surface area contributed by atoms with Crippen LogP contribution in [0.4, 0.5) is 17.1 Å². The summed E-state index contributed by atoms with van der Waals surface area (Å²) in [6.45, 7) is 6.73. The molecule has 3 rings (SSSR count). The highest BCUT2D eigenvalue weighted by atomic mass is 16.2. The van der Waals surface area contributed by atoms with Gasteiger partial charge in [0.05, 0.1) is 0 Å². The summed E-state index contributed by atoms with van der Waals surface area (Å²) in [4.78, 5) is 38.3. The second-order valence-corrected chi connectivity index (χ2v) is 16.6. The minimum absolute atomic E-state index is 0.0652. The number of unbranched alkanes of at least 4 members (excludes halogenated alkanes) is 21. The highest BCUT2D eigenvalue weighted by molar-refractivity contribution is 5.92. The van der Waals surface area contributed by atoms with Gasteiger partial charge in [0, 0.05) is 42.2 Å². The Balaban J connectivity index is 1.61. The van der Waals surface area contributed by atoms with Gasteiger partial charge in [-0.15, -0.1) is 0 Å². The molecule has 0 spiro atoms. The number of carbonyl (C=O) groups excluding carboxylic acids is 3. The van der Waals surface area contributed by atoms with E-state index < -0.39 is 0 Å². The largest absolute Gasteiger partial charge is 0.326 e. The number of nitrogens with one attached hydrogen (secondary N) is 3. The van der Waals surface area contributed by atoms with Crippen LogP contribution < -0.4 is 16.0 Å². The van der Waals surface area contributed by atoms with Crippen molar-refractivity contribution in [2.24, 2.45) is 0 Å². The molecule has 0 aromatic heterocycles. The minimum Gasteiger partial charge on any atom is -0.326 e. The molecule has 0 aliphatic rings. The van der Waals surface area contributed by atoms with E-state index in [9.17, 15) is 14.4 Å². The Labute approximate surface area is 353 Å². The molecule has 3 aromatic carbocycles. The zero-order valence-electron chi connectivity index (χ0n) is 36.8. The molecule has 0 heterocycles. The van der Waals surface area contributed by atoms with Crippen molar-refractivity contribution < 1.29 is 14.4 Å². The van der Waals surface area contributed by atoms with Gasteiger partial charge in [-0.25, -0.2) is 0 Å². The molecular formula is C52H79N3O3. The third-order valence-electron chi connectivity index (χ3n) is 11.4. The summed E-state index contributed by atoms with van der Waals surface area (Å²) >= 11 is 0. The van der Waals surface area contributed by atoms with E-state index in [2.05, 4.69) is 73.1 Å². The zero-order valence-corrected chi connectivity index (χ0v) is 36.8. The number of benzene rings is 3. The number of hydrogen-bond acceptors (Lipinski definition) is 3. The summed E-state index contributed by atoms with van der Waals surface area (Å²) in [7, 11) is 0. The van der Waals surface area contributed by atoms with E-state index in [1.54, 1.807) is 0 Å². The molecule has 0 radical (unpaired) electrons. The summed E-state index contributed by atoms with van der Waals surface area (Å²) < 4.78 is 0. The van der Waals surface area contributed by atoms with Crippen LogP contribution in [0.1, 0.15) is 217 Å². The van der Waals surface area contributed by atoms with Gasteiger partial charge in [-0.05, 0) is 72.4 Å². The number of rotatable bonds is 33. The number of amides is 3. The van der Waals surface area contributed by atoms with Gasteiger partial charge in [0.25, 0.3) is 0 Å². The van der Waals surface area contributed by atoms with Crippen LogP contribution in [0.2, 0.25) is 0 Å². The van der Waals surface area contributed by atoms with Gasteiger partial charge in [0.1, 0.15) is 0 Å². The van der Waals surface area contributed by atoms with Gasteiger partial charge >= 0.3 is 0 Å². The quantitative estimate of drug-likeness (QED) is 0.0424. The molecule has 0 unspecified atom stereocenters. The molecule has 3 amide bonds. The third kappa shape index (κ3) is 21.2. The van der Waals surface area contributed by atoms with Crippen molar-refractivity contribution in [2.45, 2.75) is 200 Å². The predicted octanol–water partition coefficient (Wildman–Crippen LogP) is 15.3. The van der Waals surface area contributed by atoms with E-state index in [0.29, 0.717) is 19.3 Å². The fraction of sp³-hybridized carbons (Fsp3) is 0.596. The van der Waals surface area contributed by atoms with E-state index in [0.717, 1.165) is 72.3 Å². The van der Waals surface area contributed by atoms with E-state index in [4.69, 9.17) is 0 Å². The van der Waals surface area contributed by atoms with Gasteiger partial charge in [-0.3, -0.25) is 14.4 Å². The first-order valence-electron chi connectivity index (χ1n) is 23.6. The molecule has 0 fully saturated rings. The average Bonchev–Trinajstić information content (AvgIpc) is 3.23. The highest BCUT2D eigenvalue weighted by Crippen LogP contribution is 2.34. The smallest absolute Gasteiger partial charge is 0.224 e. The summed E-state index contributed by atoms with van der Waals surface area (Å²) in [5.74, 6) is 0.118. The first-order chi connectivity index (χ1) is 28.4. The Morgan fingerprint density at radius 3 is 0.759 bits per heavy atom. The number of hydrogen-bond donors (Lipinski definition) is 3. The van der Waals surface area contributed by atoms with E-state index >= 15 is 0 Å². The summed E-state index contributed by atoms with van der Waals surface area (Å²) in [5.41, 5.74) is 5.70. The lowest BCUT2D eigenvalue weighted by molar-refractivity contribution is -0.117. The van der Waals surface area contributed by atoms with Crippen molar-refractivity contribution in [3.8, 4) is 0 Å². The zero-order chi connectivity index (χ0) is 41.5. The Morgan fingerprint density at radius 1 is 0.328 bits per heavy atom. The van der Waals surface area contributed by atoms with Crippen molar-refractivity contribution >= 4 is 34.8 Å². The molecule has 3 N–H and O–H groups in total. The molecule has 0 saturated carbocycles. The molecular weight excluding hydrogens is 715 g/mol. The SMILES string of the molecule is CCCCCCCCCCC(=O)Nc1ccc(C(c2ccc(NC(=O)CCCCCCCCCC)cc2)c2ccc(NC(=O)CCCCCCCCCC)cc2)cc1. The first-order valence-corrected chi connectivity index (χ1v) is 23.6. The average molecular weight is 794 g/mol. The standard InChI is InChI=1S/C52H79N3O3/c1-4-7-10-13-16-19-22-25-28-49(56)53-46-37-31-43(32-38-46)52(44-33-39-47(40-34-44)54-50(57)29-26-23-20-17-14-11-8-5-2)45-35-41-48(42-36-45)55-51(58)30-27-24-21-18-15-12-9-6-3/h31-42,52H,4-30H2,1-3H3,(H,53,56)(H,54,57)(H,55,58). The van der Waals surface area contributed by atoms with E-state index in [-0.39, 0.29) is 23.6 Å². The van der Waals surface area contributed by atoms with Crippen molar-refractivity contribution in [1.82, 2.24) is 0 Å². The van der Waals surface area contributed by atoms with Crippen molar-refractivity contribution in [3.05, 3.63) is 89.5 Å². The maximum Gasteiger partial charge on any atom is 0.224 e. The van der Waals surface area contributed by atoms with E-state index in [1.165, 1.54) is 116 Å². The van der Waals surface area contributed by atoms with Crippen molar-refractivity contribution in [2.75, 3.05) is 16.0 Å². The fourth-order valence-electron chi connectivity index (χ4n) is 7.78. The van der Waals surface area contributed by atoms with Crippen LogP contribution in [0.25, 0.3) is 0 Å². The Morgan fingerprint density at radius 2 is 0.534 bits per heavy atom. The molecule has 0 bridgehead atoms. The molecule has 320 valence electrons. The third-order valence-corrected chi connectivity index (χ3v) is 11.4. The van der Waals surface area contributed by atoms with Crippen LogP contribution in [0.3, 0.4) is 0 Å². The van der Waals surface area contributed by atoms with Gasteiger partial charge in [0.2, 0.25) is 17.7 Å². The minimum atomic E-state index is -0.0776. The van der Waals surface area contributed by atoms with Crippen LogP contribution >= 0.6 is 0 Å². The molecule has 3 aromatic rings. The predicted molar refractivity (Wildman–Crippen MR) is 248 cm³/mol. The Hall–Kier alpha value is -3.93. The summed E-state index contributed by atoms with van der Waals surface area (Å²) in [6.07, 6.45) is 30.7. The Kier molecular flexibility index (Phi) is 25.9. The van der Waals surface area contributed by atoms with Gasteiger partial charge in [-0.1, -0.05) is 192 Å². The maximum absolute atomic E-state index is 12.8. The van der Waals surface area contributed by atoms with Crippen molar-refractivity contribution in [1.29, 1.82) is 0 Å². The highest BCUT2D eigenvalue weighted by Gasteiger charge is 2.18. The molecule has 6 heteroatoms. The normalized spacial score (nSPS) is 11.2. The summed E-state index contributed by atoms with van der Waals surface area (Å²) in [6, 6.07) is 24.5. The molecule has 0 saturated heterocycles. The van der Waals surface area contributed by atoms with E-state index in [1.807, 2.05) is 36.4 Å². The lowest BCUT2D eigenvalue weighted by Gasteiger charge is -2.20. The first kappa shape index (κ1) is 48.4. The number of anilines is 3. The van der Waals surface area contributed by atoms with Gasteiger partial charge in [-0.2, -0.15) is 0 Å². The lowest BCUT2D eigenvalue weighted by Crippen LogP contribution is -2.12. The Bertz CT molecular complexity index is 1330. The van der Waals surface area contributed by atoms with Crippen LogP contribution in [0, 0.1) is 0 Å². The maximum atomic E-state index is 12.8. The second-order valence-electron chi connectivity index (χ2n) is 16.6. The van der Waals surface area contributed by atoms with Crippen LogP contribution in [0.15, 0.2) is 72.8 Å². The fourth-order valence-corrected chi connectivity index (χ4v) is 7.78. The van der Waals surface area contributed by atoms with Crippen LogP contribution in [0.5, 0.6) is 0 Å². The van der Waals surface area contributed by atoms with Gasteiger partial charge < -0.3 is 16.0 Å². The monoisotopic (exact) mass is 794 g/mol.